The van der Waals surface area contributed by atoms with Gasteiger partial charge in [0.1, 0.15) is 5.82 Å². The Morgan fingerprint density at radius 1 is 1.35 bits per heavy atom. The third kappa shape index (κ3) is 1.83. The molecule has 0 spiro atoms. The van der Waals surface area contributed by atoms with Crippen molar-refractivity contribution >= 4 is 10.9 Å². The summed E-state index contributed by atoms with van der Waals surface area (Å²) in [4.78, 5) is 3.28. The number of benzene rings is 1. The van der Waals surface area contributed by atoms with Crippen LogP contribution in [-0.4, -0.2) is 18.1 Å². The second kappa shape index (κ2) is 4.13. The summed E-state index contributed by atoms with van der Waals surface area (Å²) in [6.07, 6.45) is 1.10. The van der Waals surface area contributed by atoms with Crippen molar-refractivity contribution in [3.63, 3.8) is 0 Å². The quantitative estimate of drug-likeness (QED) is 0.742. The van der Waals surface area contributed by atoms with E-state index >= 15 is 0 Å². The van der Waals surface area contributed by atoms with E-state index in [2.05, 4.69) is 16.4 Å². The largest absolute Gasteiger partial charge is 0.357 e. The van der Waals surface area contributed by atoms with E-state index in [0.29, 0.717) is 12.5 Å². The molecule has 1 fully saturated rings. The molecule has 1 aliphatic rings. The van der Waals surface area contributed by atoms with Crippen LogP contribution in [0, 0.1) is 11.7 Å². The van der Waals surface area contributed by atoms with Crippen LogP contribution in [0.2, 0.25) is 0 Å². The molecule has 2 aromatic rings. The highest BCUT2D eigenvalue weighted by Crippen LogP contribution is 2.30. The molecule has 2 unspecified atom stereocenters. The van der Waals surface area contributed by atoms with E-state index in [4.69, 9.17) is 5.73 Å². The van der Waals surface area contributed by atoms with Gasteiger partial charge in [-0.25, -0.2) is 4.39 Å². The number of halogens is 1. The first-order valence-corrected chi connectivity index (χ1v) is 5.99. The van der Waals surface area contributed by atoms with E-state index in [1.807, 2.05) is 0 Å². The van der Waals surface area contributed by atoms with Gasteiger partial charge < -0.3 is 16.0 Å². The molecule has 1 saturated heterocycles. The summed E-state index contributed by atoms with van der Waals surface area (Å²) in [6, 6.07) is 7.18. The lowest BCUT2D eigenvalue weighted by atomic mass is 9.98. The summed E-state index contributed by atoms with van der Waals surface area (Å²) in [5.74, 6) is 0.258. The molecule has 1 aromatic carbocycles. The fourth-order valence-electron chi connectivity index (χ4n) is 2.66. The van der Waals surface area contributed by atoms with Gasteiger partial charge in [-0.05, 0) is 55.1 Å². The fourth-order valence-corrected chi connectivity index (χ4v) is 2.66. The highest BCUT2D eigenvalue weighted by Gasteiger charge is 2.28. The number of fused-ring (bicyclic) bond motifs is 1. The third-order valence-corrected chi connectivity index (χ3v) is 3.59. The van der Waals surface area contributed by atoms with E-state index in [1.54, 1.807) is 6.07 Å². The second-order valence-electron chi connectivity index (χ2n) is 4.67. The van der Waals surface area contributed by atoms with Gasteiger partial charge in [0.25, 0.3) is 0 Å². The Morgan fingerprint density at radius 3 is 3.06 bits per heavy atom. The van der Waals surface area contributed by atoms with Crippen LogP contribution in [0.3, 0.4) is 0 Å². The average molecular weight is 233 g/mol. The van der Waals surface area contributed by atoms with Crippen molar-refractivity contribution in [2.45, 2.75) is 12.5 Å². The molecule has 4 heteroatoms. The Morgan fingerprint density at radius 2 is 2.24 bits per heavy atom. The van der Waals surface area contributed by atoms with Gasteiger partial charge in [0.2, 0.25) is 0 Å². The van der Waals surface area contributed by atoms with Gasteiger partial charge in [-0.15, -0.1) is 0 Å². The number of aromatic amines is 1. The third-order valence-electron chi connectivity index (χ3n) is 3.59. The molecule has 4 N–H and O–H groups in total. The highest BCUT2D eigenvalue weighted by molar-refractivity contribution is 5.80. The molecule has 17 heavy (non-hydrogen) atoms. The molecule has 2 atom stereocenters. The topological polar surface area (TPSA) is 53.8 Å². The first kappa shape index (κ1) is 10.7. The predicted octanol–water partition coefficient (Wildman–Crippen LogP) is 1.92. The van der Waals surface area contributed by atoms with E-state index in [0.717, 1.165) is 29.6 Å². The van der Waals surface area contributed by atoms with Crippen molar-refractivity contribution in [2.75, 3.05) is 13.1 Å². The van der Waals surface area contributed by atoms with Crippen LogP contribution in [0.15, 0.2) is 24.3 Å². The van der Waals surface area contributed by atoms with Crippen LogP contribution >= 0.6 is 0 Å². The number of hydrogen-bond acceptors (Lipinski definition) is 2. The number of hydrogen-bond donors (Lipinski definition) is 3. The second-order valence-corrected chi connectivity index (χ2v) is 4.67. The minimum Gasteiger partial charge on any atom is -0.357 e. The smallest absolute Gasteiger partial charge is 0.125 e. The lowest BCUT2D eigenvalue weighted by molar-refractivity contribution is 0.465. The number of nitrogens with two attached hydrogens (primary N) is 1. The van der Waals surface area contributed by atoms with Gasteiger partial charge in [0, 0.05) is 11.2 Å². The lowest BCUT2D eigenvalue weighted by Gasteiger charge is -2.16. The molecular weight excluding hydrogens is 217 g/mol. The number of rotatable bonds is 2. The number of aromatic nitrogens is 1. The molecule has 90 valence electrons. The van der Waals surface area contributed by atoms with Gasteiger partial charge in [-0.1, -0.05) is 0 Å². The Kier molecular flexibility index (Phi) is 2.61. The molecule has 0 bridgehead atoms. The maximum absolute atomic E-state index is 13.1. The highest BCUT2D eigenvalue weighted by atomic mass is 19.1. The summed E-state index contributed by atoms with van der Waals surface area (Å²) >= 11 is 0. The molecular formula is C13H16FN3. The van der Waals surface area contributed by atoms with Gasteiger partial charge >= 0.3 is 0 Å². The van der Waals surface area contributed by atoms with Crippen molar-refractivity contribution in [3.05, 3.63) is 35.8 Å². The Balaban J connectivity index is 2.00. The predicted molar refractivity (Wildman–Crippen MR) is 66.2 cm³/mol. The number of H-pyrrole nitrogens is 1. The van der Waals surface area contributed by atoms with Crippen LogP contribution in [-0.2, 0) is 0 Å². The minimum atomic E-state index is -0.208. The van der Waals surface area contributed by atoms with E-state index in [1.165, 1.54) is 12.1 Å². The molecule has 1 aliphatic heterocycles. The standard InChI is InChI=1S/C13H16FN3/c14-10-2-1-8-5-12(17-11(8)6-10)13-9(7-15)3-4-16-13/h1-2,5-6,9,13,16-17H,3-4,7,15H2. The maximum atomic E-state index is 13.1. The average Bonchev–Trinajstić information content (AvgIpc) is 2.93. The zero-order valence-electron chi connectivity index (χ0n) is 9.54. The van der Waals surface area contributed by atoms with E-state index in [-0.39, 0.29) is 11.9 Å². The zero-order chi connectivity index (χ0) is 11.8. The molecule has 0 aliphatic carbocycles. The van der Waals surface area contributed by atoms with Crippen molar-refractivity contribution in [2.24, 2.45) is 11.7 Å². The van der Waals surface area contributed by atoms with Gasteiger partial charge in [0.15, 0.2) is 0 Å². The SMILES string of the molecule is NCC1CCNC1c1cc2ccc(F)cc2[nH]1. The maximum Gasteiger partial charge on any atom is 0.125 e. The summed E-state index contributed by atoms with van der Waals surface area (Å²) < 4.78 is 13.1. The Labute approximate surface area is 99.2 Å². The van der Waals surface area contributed by atoms with Crippen LogP contribution in [0.25, 0.3) is 10.9 Å². The minimum absolute atomic E-state index is 0.208. The summed E-state index contributed by atoms with van der Waals surface area (Å²) in [5, 5.41) is 4.49. The monoisotopic (exact) mass is 233 g/mol. The van der Waals surface area contributed by atoms with Crippen LogP contribution in [0.4, 0.5) is 4.39 Å². The summed E-state index contributed by atoms with van der Waals surface area (Å²) in [7, 11) is 0. The molecule has 3 nitrogen and oxygen atoms in total. The lowest BCUT2D eigenvalue weighted by Crippen LogP contribution is -2.23. The summed E-state index contributed by atoms with van der Waals surface area (Å²) in [6.45, 7) is 1.68. The molecule has 3 rings (SSSR count). The Hall–Kier alpha value is -1.39. The molecule has 0 amide bonds. The number of nitrogens with one attached hydrogen (secondary N) is 2. The van der Waals surface area contributed by atoms with Crippen molar-refractivity contribution in [1.82, 2.24) is 10.3 Å². The van der Waals surface area contributed by atoms with Crippen molar-refractivity contribution in [3.8, 4) is 0 Å². The van der Waals surface area contributed by atoms with Crippen LogP contribution in [0.1, 0.15) is 18.2 Å². The van der Waals surface area contributed by atoms with Gasteiger partial charge in [-0.2, -0.15) is 0 Å². The van der Waals surface area contributed by atoms with E-state index in [9.17, 15) is 4.39 Å². The molecule has 2 heterocycles. The van der Waals surface area contributed by atoms with Crippen molar-refractivity contribution < 1.29 is 4.39 Å². The van der Waals surface area contributed by atoms with Gasteiger partial charge in [0.05, 0.1) is 6.04 Å². The fraction of sp³-hybridized carbons (Fsp3) is 0.385. The Bertz CT molecular complexity index is 534. The van der Waals surface area contributed by atoms with Crippen LogP contribution < -0.4 is 11.1 Å². The molecule has 1 aromatic heterocycles. The molecule has 0 radical (unpaired) electrons. The van der Waals surface area contributed by atoms with Crippen LogP contribution in [0.5, 0.6) is 0 Å². The van der Waals surface area contributed by atoms with Gasteiger partial charge in [-0.3, -0.25) is 0 Å². The first-order chi connectivity index (χ1) is 8.28. The summed E-state index contributed by atoms with van der Waals surface area (Å²) in [5.41, 5.74) is 7.73. The normalized spacial score (nSPS) is 24.6. The molecule has 0 saturated carbocycles. The first-order valence-electron chi connectivity index (χ1n) is 5.99. The van der Waals surface area contributed by atoms with E-state index < -0.39 is 0 Å². The zero-order valence-corrected chi connectivity index (χ0v) is 9.54. The van der Waals surface area contributed by atoms with Crippen molar-refractivity contribution in [1.29, 1.82) is 0 Å².